The average molecular weight is 267 g/mol. The van der Waals surface area contributed by atoms with Crippen molar-refractivity contribution in [3.63, 3.8) is 0 Å². The van der Waals surface area contributed by atoms with E-state index in [0.29, 0.717) is 4.88 Å². The quantitative estimate of drug-likeness (QED) is 0.879. The number of amides is 1. The Morgan fingerprint density at radius 2 is 2.17 bits per heavy atom. The molecular weight excluding hydrogens is 250 g/mol. The van der Waals surface area contributed by atoms with Gasteiger partial charge in [-0.2, -0.15) is 0 Å². The van der Waals surface area contributed by atoms with E-state index in [1.165, 1.54) is 23.3 Å². The molecule has 0 bridgehead atoms. The fraction of sp³-hybridized carbons (Fsp3) is 0.538. The van der Waals surface area contributed by atoms with Crippen LogP contribution in [-0.4, -0.2) is 23.0 Å². The molecule has 5 heteroatoms. The average Bonchev–Trinajstić information content (AvgIpc) is 2.71. The second kappa shape index (κ2) is 5.52. The minimum Gasteiger partial charge on any atom is -0.481 e. The summed E-state index contributed by atoms with van der Waals surface area (Å²) >= 11 is 1.54. The number of aliphatic carboxylic acids is 1. The highest BCUT2D eigenvalue weighted by molar-refractivity contribution is 7.14. The van der Waals surface area contributed by atoms with Gasteiger partial charge < -0.3 is 10.4 Å². The van der Waals surface area contributed by atoms with Gasteiger partial charge >= 0.3 is 5.97 Å². The first kappa shape index (κ1) is 13.1. The first-order valence-corrected chi connectivity index (χ1v) is 7.02. The van der Waals surface area contributed by atoms with Crippen molar-refractivity contribution in [1.29, 1.82) is 0 Å². The molecule has 1 amide bonds. The van der Waals surface area contributed by atoms with Gasteiger partial charge in [-0.25, -0.2) is 0 Å². The molecule has 1 heterocycles. The van der Waals surface area contributed by atoms with E-state index in [1.807, 2.05) is 6.07 Å². The van der Waals surface area contributed by atoms with Crippen molar-refractivity contribution in [3.05, 3.63) is 21.4 Å². The lowest BCUT2D eigenvalue weighted by atomic mass is 9.99. The van der Waals surface area contributed by atoms with Crippen LogP contribution in [0.3, 0.4) is 0 Å². The summed E-state index contributed by atoms with van der Waals surface area (Å²) in [6, 6.07) is 1.62. The first-order chi connectivity index (χ1) is 8.56. The molecule has 2 rings (SSSR count). The molecule has 0 radical (unpaired) electrons. The third-order valence-electron chi connectivity index (χ3n) is 3.08. The van der Waals surface area contributed by atoms with Gasteiger partial charge in [0.15, 0.2) is 0 Å². The minimum absolute atomic E-state index is 0.0448. The van der Waals surface area contributed by atoms with Crippen LogP contribution < -0.4 is 5.32 Å². The van der Waals surface area contributed by atoms with Gasteiger partial charge in [-0.3, -0.25) is 9.59 Å². The molecule has 1 aliphatic carbocycles. The Labute approximate surface area is 110 Å². The second-order valence-corrected chi connectivity index (χ2v) is 5.88. The maximum atomic E-state index is 12.0. The lowest BCUT2D eigenvalue weighted by Gasteiger charge is -2.09. The third kappa shape index (κ3) is 3.10. The number of hydrogen-bond donors (Lipinski definition) is 2. The topological polar surface area (TPSA) is 66.4 Å². The van der Waals surface area contributed by atoms with Gasteiger partial charge in [0.1, 0.15) is 0 Å². The Hall–Kier alpha value is -1.36. The summed E-state index contributed by atoms with van der Waals surface area (Å²) in [6.45, 7) is 1.71. The molecule has 1 aromatic heterocycles. The number of aryl methyl sites for hydroxylation is 2. The van der Waals surface area contributed by atoms with Crippen molar-refractivity contribution < 1.29 is 14.7 Å². The largest absolute Gasteiger partial charge is 0.481 e. The standard InChI is InChI=1S/C13H17NO3S/c1-8(6-12(15)16)14-13(17)11-7-9-4-2-3-5-10(9)18-11/h7-8H,2-6H2,1H3,(H,14,17)(H,15,16)/t8-/m0/s1. The predicted molar refractivity (Wildman–Crippen MR) is 70.1 cm³/mol. The van der Waals surface area contributed by atoms with Crippen LogP contribution >= 0.6 is 11.3 Å². The van der Waals surface area contributed by atoms with Crippen molar-refractivity contribution in [3.8, 4) is 0 Å². The smallest absolute Gasteiger partial charge is 0.305 e. The van der Waals surface area contributed by atoms with Gasteiger partial charge in [0, 0.05) is 10.9 Å². The normalized spacial score (nSPS) is 15.8. The molecule has 0 unspecified atom stereocenters. The second-order valence-electron chi connectivity index (χ2n) is 4.74. The number of carboxylic acids is 1. The highest BCUT2D eigenvalue weighted by Gasteiger charge is 2.18. The summed E-state index contributed by atoms with van der Waals surface area (Å²) < 4.78 is 0. The predicted octanol–water partition coefficient (Wildman–Crippen LogP) is 2.22. The van der Waals surface area contributed by atoms with Crippen LogP contribution in [0, 0.1) is 0 Å². The van der Waals surface area contributed by atoms with Gasteiger partial charge in [-0.1, -0.05) is 0 Å². The Kier molecular flexibility index (Phi) is 4.01. The van der Waals surface area contributed by atoms with E-state index >= 15 is 0 Å². The van der Waals surface area contributed by atoms with E-state index in [-0.39, 0.29) is 18.4 Å². The number of carbonyl (C=O) groups is 2. The highest BCUT2D eigenvalue weighted by Crippen LogP contribution is 2.29. The number of carbonyl (C=O) groups excluding carboxylic acids is 1. The lowest BCUT2D eigenvalue weighted by molar-refractivity contribution is -0.137. The zero-order chi connectivity index (χ0) is 13.1. The van der Waals surface area contributed by atoms with Crippen molar-refractivity contribution in [2.24, 2.45) is 0 Å². The zero-order valence-electron chi connectivity index (χ0n) is 10.4. The lowest BCUT2D eigenvalue weighted by Crippen LogP contribution is -2.33. The van der Waals surface area contributed by atoms with Gasteiger partial charge in [0.2, 0.25) is 0 Å². The molecule has 0 spiro atoms. The molecule has 0 saturated heterocycles. The molecular formula is C13H17NO3S. The molecule has 1 aromatic rings. The van der Waals surface area contributed by atoms with Crippen LogP contribution in [0.4, 0.5) is 0 Å². The number of carboxylic acid groups (broad SMARTS) is 1. The van der Waals surface area contributed by atoms with Crippen LogP contribution in [0.5, 0.6) is 0 Å². The van der Waals surface area contributed by atoms with Crippen molar-refractivity contribution in [2.45, 2.75) is 45.1 Å². The Bertz CT molecular complexity index is 443. The van der Waals surface area contributed by atoms with Crippen LogP contribution in [0.25, 0.3) is 0 Å². The van der Waals surface area contributed by atoms with Crippen LogP contribution in [0.15, 0.2) is 6.07 Å². The Morgan fingerprint density at radius 3 is 2.83 bits per heavy atom. The summed E-state index contributed by atoms with van der Waals surface area (Å²) in [5, 5.41) is 11.4. The molecule has 0 fully saturated rings. The van der Waals surface area contributed by atoms with Crippen molar-refractivity contribution >= 4 is 23.2 Å². The number of hydrogen-bond acceptors (Lipinski definition) is 3. The summed E-state index contributed by atoms with van der Waals surface area (Å²) in [6.07, 6.45) is 4.47. The van der Waals surface area contributed by atoms with E-state index in [4.69, 9.17) is 5.11 Å². The maximum absolute atomic E-state index is 12.0. The maximum Gasteiger partial charge on any atom is 0.305 e. The van der Waals surface area contributed by atoms with Crippen LogP contribution in [0.1, 0.15) is 46.3 Å². The zero-order valence-corrected chi connectivity index (χ0v) is 11.2. The molecule has 1 aliphatic rings. The van der Waals surface area contributed by atoms with E-state index in [1.54, 1.807) is 18.3 Å². The molecule has 1 atom stereocenters. The highest BCUT2D eigenvalue weighted by atomic mass is 32.1. The summed E-state index contributed by atoms with van der Waals surface area (Å²) in [5.74, 6) is -1.04. The van der Waals surface area contributed by atoms with Gasteiger partial charge in [0.05, 0.1) is 11.3 Å². The monoisotopic (exact) mass is 267 g/mol. The number of nitrogens with one attached hydrogen (secondary N) is 1. The fourth-order valence-electron chi connectivity index (χ4n) is 2.21. The van der Waals surface area contributed by atoms with Crippen LogP contribution in [-0.2, 0) is 17.6 Å². The number of fused-ring (bicyclic) bond motifs is 1. The number of rotatable bonds is 4. The van der Waals surface area contributed by atoms with Gasteiger partial charge in [-0.15, -0.1) is 11.3 Å². The Morgan fingerprint density at radius 1 is 1.44 bits per heavy atom. The van der Waals surface area contributed by atoms with Crippen LogP contribution in [0.2, 0.25) is 0 Å². The molecule has 18 heavy (non-hydrogen) atoms. The molecule has 2 N–H and O–H groups in total. The minimum atomic E-state index is -0.895. The molecule has 4 nitrogen and oxygen atoms in total. The van der Waals surface area contributed by atoms with Gasteiger partial charge in [0.25, 0.3) is 5.91 Å². The third-order valence-corrected chi connectivity index (χ3v) is 4.31. The van der Waals surface area contributed by atoms with E-state index in [0.717, 1.165) is 12.8 Å². The van der Waals surface area contributed by atoms with E-state index in [9.17, 15) is 9.59 Å². The van der Waals surface area contributed by atoms with Crippen molar-refractivity contribution in [2.75, 3.05) is 0 Å². The Balaban J connectivity index is 2.00. The molecule has 98 valence electrons. The molecule has 0 saturated carbocycles. The van der Waals surface area contributed by atoms with E-state index < -0.39 is 5.97 Å². The van der Waals surface area contributed by atoms with Gasteiger partial charge in [-0.05, 0) is 44.2 Å². The summed E-state index contributed by atoms with van der Waals surface area (Å²) in [4.78, 5) is 24.5. The number of thiophene rings is 1. The SMILES string of the molecule is C[C@@H](CC(=O)O)NC(=O)c1cc2c(s1)CCCC2. The van der Waals surface area contributed by atoms with E-state index in [2.05, 4.69) is 5.32 Å². The van der Waals surface area contributed by atoms with Crippen molar-refractivity contribution in [1.82, 2.24) is 5.32 Å². The molecule has 0 aliphatic heterocycles. The summed E-state index contributed by atoms with van der Waals surface area (Å²) in [7, 11) is 0. The first-order valence-electron chi connectivity index (χ1n) is 6.20. The summed E-state index contributed by atoms with van der Waals surface area (Å²) in [5.41, 5.74) is 1.29. The fourth-order valence-corrected chi connectivity index (χ4v) is 3.37. The molecule has 0 aromatic carbocycles.